The van der Waals surface area contributed by atoms with Crippen LogP contribution in [0.1, 0.15) is 45.1 Å². The number of hydrogen-bond acceptors (Lipinski definition) is 0. The van der Waals surface area contributed by atoms with Gasteiger partial charge in [-0.1, -0.05) is 72.1 Å². The number of unbranched alkanes of at least 4 members (excludes halogenated alkanes) is 1. The average molecular weight is 345 g/mol. The minimum Gasteiger partial charge on any atom is -0.0999 e. The SMILES string of the molecule is C=C(C)[C@H](CCCC)CCc1ccc2cc(Br)ccc2c1. The molecule has 0 nitrogen and oxygen atoms in total. The number of hydrogen-bond donors (Lipinski definition) is 0. The molecule has 0 aliphatic rings. The molecular weight excluding hydrogens is 320 g/mol. The molecule has 0 spiro atoms. The lowest BCUT2D eigenvalue weighted by Gasteiger charge is -2.16. The monoisotopic (exact) mass is 344 g/mol. The Morgan fingerprint density at radius 1 is 1.10 bits per heavy atom. The van der Waals surface area contributed by atoms with Crippen LogP contribution in [-0.2, 0) is 6.42 Å². The van der Waals surface area contributed by atoms with Crippen molar-refractivity contribution in [1.82, 2.24) is 0 Å². The van der Waals surface area contributed by atoms with Crippen molar-refractivity contribution in [3.05, 3.63) is 58.6 Å². The highest BCUT2D eigenvalue weighted by Gasteiger charge is 2.09. The van der Waals surface area contributed by atoms with Gasteiger partial charge in [-0.25, -0.2) is 0 Å². The summed E-state index contributed by atoms with van der Waals surface area (Å²) >= 11 is 3.53. The van der Waals surface area contributed by atoms with Gasteiger partial charge in [-0.05, 0) is 60.6 Å². The first-order valence-corrected chi connectivity index (χ1v) is 8.73. The van der Waals surface area contributed by atoms with Gasteiger partial charge in [0.1, 0.15) is 0 Å². The van der Waals surface area contributed by atoms with Gasteiger partial charge >= 0.3 is 0 Å². The van der Waals surface area contributed by atoms with Crippen molar-refractivity contribution >= 4 is 26.7 Å². The molecule has 0 saturated heterocycles. The van der Waals surface area contributed by atoms with Gasteiger partial charge < -0.3 is 0 Å². The van der Waals surface area contributed by atoms with Crippen molar-refractivity contribution in [3.8, 4) is 0 Å². The molecule has 0 aliphatic heterocycles. The summed E-state index contributed by atoms with van der Waals surface area (Å²) in [7, 11) is 0. The Bertz CT molecular complexity index is 612. The largest absolute Gasteiger partial charge is 0.0999 e. The van der Waals surface area contributed by atoms with E-state index in [1.54, 1.807) is 0 Å². The second-order valence-electron chi connectivity index (χ2n) is 6.05. The van der Waals surface area contributed by atoms with Gasteiger partial charge in [-0.3, -0.25) is 0 Å². The lowest BCUT2D eigenvalue weighted by molar-refractivity contribution is 0.496. The summed E-state index contributed by atoms with van der Waals surface area (Å²) in [5.74, 6) is 0.672. The maximum Gasteiger partial charge on any atom is 0.0181 e. The van der Waals surface area contributed by atoms with Crippen LogP contribution in [0.25, 0.3) is 10.8 Å². The van der Waals surface area contributed by atoms with Gasteiger partial charge in [-0.15, -0.1) is 0 Å². The molecule has 0 amide bonds. The fourth-order valence-electron chi connectivity index (χ4n) is 2.85. The van der Waals surface area contributed by atoms with Crippen LogP contribution in [-0.4, -0.2) is 0 Å². The highest BCUT2D eigenvalue weighted by Crippen LogP contribution is 2.25. The Morgan fingerprint density at radius 2 is 1.81 bits per heavy atom. The Balaban J connectivity index is 2.05. The summed E-state index contributed by atoms with van der Waals surface area (Å²) < 4.78 is 1.14. The molecule has 1 atom stereocenters. The molecule has 0 aliphatic carbocycles. The van der Waals surface area contributed by atoms with Crippen LogP contribution in [0.15, 0.2) is 53.0 Å². The number of aryl methyl sites for hydroxylation is 1. The fraction of sp³-hybridized carbons (Fsp3) is 0.400. The highest BCUT2D eigenvalue weighted by molar-refractivity contribution is 9.10. The van der Waals surface area contributed by atoms with Crippen molar-refractivity contribution in [2.75, 3.05) is 0 Å². The highest BCUT2D eigenvalue weighted by atomic mass is 79.9. The van der Waals surface area contributed by atoms with Crippen molar-refractivity contribution in [3.63, 3.8) is 0 Å². The number of allylic oxidation sites excluding steroid dienone is 1. The van der Waals surface area contributed by atoms with Crippen molar-refractivity contribution in [2.45, 2.75) is 46.0 Å². The smallest absolute Gasteiger partial charge is 0.0181 e. The van der Waals surface area contributed by atoms with E-state index in [4.69, 9.17) is 0 Å². The Kier molecular flexibility index (Phi) is 6.05. The van der Waals surface area contributed by atoms with E-state index in [1.165, 1.54) is 47.6 Å². The first-order valence-electron chi connectivity index (χ1n) is 7.93. The van der Waals surface area contributed by atoms with E-state index in [0.717, 1.165) is 10.9 Å². The van der Waals surface area contributed by atoms with E-state index < -0.39 is 0 Å². The summed E-state index contributed by atoms with van der Waals surface area (Å²) in [6.45, 7) is 8.61. The molecule has 0 radical (unpaired) electrons. The molecule has 0 unspecified atom stereocenters. The van der Waals surface area contributed by atoms with Gasteiger partial charge in [-0.2, -0.15) is 0 Å². The predicted molar refractivity (Wildman–Crippen MR) is 97.8 cm³/mol. The third kappa shape index (κ3) is 4.71. The van der Waals surface area contributed by atoms with Crippen molar-refractivity contribution < 1.29 is 0 Å². The molecular formula is C20H25Br. The summed E-state index contributed by atoms with van der Waals surface area (Å²) in [5.41, 5.74) is 2.78. The number of fused-ring (bicyclic) bond motifs is 1. The maximum absolute atomic E-state index is 4.18. The summed E-state index contributed by atoms with van der Waals surface area (Å²) in [6, 6.07) is 13.3. The van der Waals surface area contributed by atoms with Crippen LogP contribution in [0.2, 0.25) is 0 Å². The molecule has 112 valence electrons. The number of benzene rings is 2. The van der Waals surface area contributed by atoms with E-state index in [9.17, 15) is 0 Å². The molecule has 0 aromatic heterocycles. The average Bonchev–Trinajstić information content (AvgIpc) is 2.47. The zero-order valence-corrected chi connectivity index (χ0v) is 14.7. The van der Waals surface area contributed by atoms with Gasteiger partial charge in [0.2, 0.25) is 0 Å². The zero-order chi connectivity index (χ0) is 15.2. The first kappa shape index (κ1) is 16.3. The van der Waals surface area contributed by atoms with Crippen LogP contribution in [0.3, 0.4) is 0 Å². The predicted octanol–water partition coefficient (Wildman–Crippen LogP) is 6.92. The summed E-state index contributed by atoms with van der Waals surface area (Å²) in [5, 5.41) is 2.63. The second kappa shape index (κ2) is 7.79. The summed E-state index contributed by atoms with van der Waals surface area (Å²) in [6.07, 6.45) is 6.23. The van der Waals surface area contributed by atoms with Crippen molar-refractivity contribution in [2.24, 2.45) is 5.92 Å². The van der Waals surface area contributed by atoms with E-state index in [0.29, 0.717) is 5.92 Å². The Hall–Kier alpha value is -1.08. The summed E-state index contributed by atoms with van der Waals surface area (Å²) in [4.78, 5) is 0. The quantitative estimate of drug-likeness (QED) is 0.478. The van der Waals surface area contributed by atoms with Crippen LogP contribution in [0, 0.1) is 5.92 Å². The molecule has 2 aromatic rings. The van der Waals surface area contributed by atoms with Gasteiger partial charge in [0, 0.05) is 4.47 Å². The van der Waals surface area contributed by atoms with E-state index in [1.807, 2.05) is 0 Å². The maximum atomic E-state index is 4.18. The van der Waals surface area contributed by atoms with E-state index in [2.05, 4.69) is 72.8 Å². The normalized spacial score (nSPS) is 12.5. The molecule has 2 rings (SSSR count). The molecule has 0 fully saturated rings. The second-order valence-corrected chi connectivity index (χ2v) is 6.97. The standard InChI is InChI=1S/C20H25Br/c1-4-5-6-17(15(2)3)9-7-16-8-10-19-14-20(21)12-11-18(19)13-16/h8,10-14,17H,2,4-7,9H2,1,3H3/t17-/m1/s1. The van der Waals surface area contributed by atoms with Gasteiger partial charge in [0.25, 0.3) is 0 Å². The lowest BCUT2D eigenvalue weighted by Crippen LogP contribution is -2.03. The van der Waals surface area contributed by atoms with Gasteiger partial charge in [0.15, 0.2) is 0 Å². The lowest BCUT2D eigenvalue weighted by atomic mass is 9.89. The minimum absolute atomic E-state index is 0.672. The minimum atomic E-state index is 0.672. The molecule has 0 saturated carbocycles. The van der Waals surface area contributed by atoms with E-state index in [-0.39, 0.29) is 0 Å². The Labute approximate surface area is 137 Å². The molecule has 0 bridgehead atoms. The molecule has 21 heavy (non-hydrogen) atoms. The van der Waals surface area contributed by atoms with Crippen LogP contribution < -0.4 is 0 Å². The molecule has 2 aromatic carbocycles. The third-order valence-electron chi connectivity index (χ3n) is 4.25. The van der Waals surface area contributed by atoms with Gasteiger partial charge in [0.05, 0.1) is 0 Å². The number of rotatable bonds is 7. The molecule has 0 N–H and O–H groups in total. The molecule has 1 heteroatoms. The van der Waals surface area contributed by atoms with Crippen LogP contribution >= 0.6 is 15.9 Å². The van der Waals surface area contributed by atoms with Crippen LogP contribution in [0.4, 0.5) is 0 Å². The first-order chi connectivity index (χ1) is 10.1. The Morgan fingerprint density at radius 3 is 2.52 bits per heavy atom. The third-order valence-corrected chi connectivity index (χ3v) is 4.74. The number of halogens is 1. The van der Waals surface area contributed by atoms with Crippen LogP contribution in [0.5, 0.6) is 0 Å². The molecule has 0 heterocycles. The zero-order valence-electron chi connectivity index (χ0n) is 13.2. The fourth-order valence-corrected chi connectivity index (χ4v) is 3.23. The van der Waals surface area contributed by atoms with E-state index >= 15 is 0 Å². The van der Waals surface area contributed by atoms with Crippen molar-refractivity contribution in [1.29, 1.82) is 0 Å². The topological polar surface area (TPSA) is 0 Å².